The van der Waals surface area contributed by atoms with Crippen molar-refractivity contribution in [3.8, 4) is 0 Å². The summed E-state index contributed by atoms with van der Waals surface area (Å²) < 4.78 is 1.42. The van der Waals surface area contributed by atoms with Gasteiger partial charge in [0.25, 0.3) is 0 Å². The molecule has 0 aromatic carbocycles. The first-order valence-electron chi connectivity index (χ1n) is 6.16. The molecule has 1 N–H and O–H groups in total. The summed E-state index contributed by atoms with van der Waals surface area (Å²) in [5.74, 6) is 0.357. The lowest BCUT2D eigenvalue weighted by molar-refractivity contribution is -0.384. The van der Waals surface area contributed by atoms with Gasteiger partial charge in [0.15, 0.2) is 0 Å². The first-order valence-corrected chi connectivity index (χ1v) is 6.16. The summed E-state index contributed by atoms with van der Waals surface area (Å²) in [6.07, 6.45) is 1.37. The van der Waals surface area contributed by atoms with Crippen LogP contribution in [0.1, 0.15) is 12.8 Å². The molecule has 1 aliphatic rings. The number of aliphatic hydroxyl groups excluding tert-OH is 1. The van der Waals surface area contributed by atoms with Gasteiger partial charge in [0.2, 0.25) is 5.82 Å². The van der Waals surface area contributed by atoms with Crippen LogP contribution in [-0.4, -0.2) is 45.0 Å². The summed E-state index contributed by atoms with van der Waals surface area (Å²) in [6, 6.07) is -0.299. The monoisotopic (exact) mass is 281 g/mol. The van der Waals surface area contributed by atoms with Gasteiger partial charge in [0.1, 0.15) is 6.20 Å². The fourth-order valence-electron chi connectivity index (χ4n) is 2.44. The second-order valence-electron chi connectivity index (χ2n) is 4.72. The van der Waals surface area contributed by atoms with Crippen LogP contribution in [0.4, 0.5) is 11.5 Å². The molecule has 1 fully saturated rings. The first-order chi connectivity index (χ1) is 9.52. The first kappa shape index (κ1) is 14.1. The van der Waals surface area contributed by atoms with Gasteiger partial charge >= 0.3 is 5.69 Å². The van der Waals surface area contributed by atoms with Crippen LogP contribution in [0.15, 0.2) is 11.3 Å². The molecule has 0 radical (unpaired) electrons. The van der Waals surface area contributed by atoms with Gasteiger partial charge in [-0.3, -0.25) is 10.1 Å². The lowest BCUT2D eigenvalue weighted by Gasteiger charge is -2.23. The molecule has 0 unspecified atom stereocenters. The second kappa shape index (κ2) is 5.76. The van der Waals surface area contributed by atoms with Crippen molar-refractivity contribution < 1.29 is 10.0 Å². The Kier molecular flexibility index (Phi) is 4.06. The summed E-state index contributed by atoms with van der Waals surface area (Å²) in [4.78, 5) is 15.0. The van der Waals surface area contributed by atoms with Gasteiger partial charge in [0.05, 0.1) is 11.0 Å². The third-order valence-corrected chi connectivity index (χ3v) is 3.31. The number of nitro groups is 1. The molecule has 0 aliphatic carbocycles. The van der Waals surface area contributed by atoms with Crippen LogP contribution in [0.25, 0.3) is 10.4 Å². The van der Waals surface area contributed by atoms with E-state index in [0.717, 1.165) is 0 Å². The van der Waals surface area contributed by atoms with Gasteiger partial charge in [-0.1, -0.05) is 5.11 Å². The van der Waals surface area contributed by atoms with Crippen molar-refractivity contribution in [1.29, 1.82) is 0 Å². The largest absolute Gasteiger partial charge is 0.391 e. The van der Waals surface area contributed by atoms with Gasteiger partial charge in [-0.25, -0.2) is 4.68 Å². The van der Waals surface area contributed by atoms with E-state index in [1.165, 1.54) is 10.9 Å². The maximum Gasteiger partial charge on any atom is 0.331 e. The number of rotatable bonds is 3. The average Bonchev–Trinajstić information content (AvgIpc) is 2.67. The Bertz CT molecular complexity index is 551. The van der Waals surface area contributed by atoms with Crippen molar-refractivity contribution in [2.75, 3.05) is 18.0 Å². The zero-order valence-electron chi connectivity index (χ0n) is 11.0. The van der Waals surface area contributed by atoms with E-state index in [1.54, 1.807) is 11.9 Å². The van der Waals surface area contributed by atoms with Gasteiger partial charge in [-0.05, 0) is 18.4 Å². The van der Waals surface area contributed by atoms with E-state index in [0.29, 0.717) is 25.2 Å². The number of aliphatic hydroxyl groups is 1. The molecule has 1 aromatic rings. The van der Waals surface area contributed by atoms with E-state index in [-0.39, 0.29) is 18.3 Å². The Morgan fingerprint density at radius 1 is 1.70 bits per heavy atom. The smallest absolute Gasteiger partial charge is 0.331 e. The van der Waals surface area contributed by atoms with Crippen LogP contribution < -0.4 is 4.90 Å². The molecular formula is C10H15N7O3. The minimum atomic E-state index is -0.706. The van der Waals surface area contributed by atoms with Crippen molar-refractivity contribution >= 4 is 11.5 Å². The van der Waals surface area contributed by atoms with E-state index < -0.39 is 11.0 Å². The number of aryl methyl sites for hydroxylation is 1. The van der Waals surface area contributed by atoms with Crippen LogP contribution in [0.3, 0.4) is 0 Å². The number of hydrogen-bond acceptors (Lipinski definition) is 6. The molecule has 2 atom stereocenters. The fraction of sp³-hybridized carbons (Fsp3) is 0.700. The molecule has 2 rings (SSSR count). The number of aromatic nitrogens is 2. The Morgan fingerprint density at radius 3 is 3.10 bits per heavy atom. The Morgan fingerprint density at radius 2 is 2.45 bits per heavy atom. The molecule has 0 amide bonds. The topological polar surface area (TPSA) is 133 Å². The summed E-state index contributed by atoms with van der Waals surface area (Å²) >= 11 is 0. The summed E-state index contributed by atoms with van der Waals surface area (Å²) in [7, 11) is 1.62. The lowest BCUT2D eigenvalue weighted by atomic mass is 10.1. The van der Waals surface area contributed by atoms with Crippen LogP contribution in [0, 0.1) is 10.1 Å². The second-order valence-corrected chi connectivity index (χ2v) is 4.72. The van der Waals surface area contributed by atoms with Gasteiger partial charge in [-0.15, -0.1) is 0 Å². The SMILES string of the molecule is Cn1ncc([N+](=O)[O-])c1N1CC[C@@H](N=[N+]=[N-])C[C@@H](O)C1. The van der Waals surface area contributed by atoms with E-state index in [2.05, 4.69) is 15.1 Å². The summed E-state index contributed by atoms with van der Waals surface area (Å²) in [5.41, 5.74) is 8.37. The highest BCUT2D eigenvalue weighted by Crippen LogP contribution is 2.29. The van der Waals surface area contributed by atoms with E-state index in [4.69, 9.17) is 5.53 Å². The molecule has 108 valence electrons. The highest BCUT2D eigenvalue weighted by molar-refractivity contribution is 5.57. The normalized spacial score (nSPS) is 23.0. The molecule has 2 heterocycles. The minimum absolute atomic E-state index is 0.0954. The molecule has 1 saturated heterocycles. The van der Waals surface area contributed by atoms with Crippen LogP contribution in [0.5, 0.6) is 0 Å². The Labute approximate surface area is 114 Å². The van der Waals surface area contributed by atoms with E-state index in [9.17, 15) is 15.2 Å². The lowest BCUT2D eigenvalue weighted by Crippen LogP contribution is -2.32. The molecule has 1 aliphatic heterocycles. The van der Waals surface area contributed by atoms with Gasteiger partial charge in [-0.2, -0.15) is 5.10 Å². The number of hydrogen-bond donors (Lipinski definition) is 1. The fourth-order valence-corrected chi connectivity index (χ4v) is 2.44. The van der Waals surface area contributed by atoms with Crippen LogP contribution in [-0.2, 0) is 7.05 Å². The highest BCUT2D eigenvalue weighted by Gasteiger charge is 2.29. The molecule has 0 spiro atoms. The molecule has 20 heavy (non-hydrogen) atoms. The average molecular weight is 281 g/mol. The maximum absolute atomic E-state index is 11.0. The molecule has 10 heteroatoms. The zero-order valence-corrected chi connectivity index (χ0v) is 11.0. The van der Waals surface area contributed by atoms with Crippen molar-refractivity contribution in [1.82, 2.24) is 9.78 Å². The summed E-state index contributed by atoms with van der Waals surface area (Å²) in [5, 5.41) is 28.5. The van der Waals surface area contributed by atoms with Crippen molar-refractivity contribution in [3.05, 3.63) is 26.8 Å². The Hall–Kier alpha value is -2.32. The minimum Gasteiger partial charge on any atom is -0.391 e. The molecule has 0 saturated carbocycles. The van der Waals surface area contributed by atoms with Gasteiger partial charge < -0.3 is 10.0 Å². The number of anilines is 1. The molecule has 1 aromatic heterocycles. The molecular weight excluding hydrogens is 266 g/mol. The number of β-amino-alcohol motifs (C(OH)–C–C–N with tert-alkyl or cyclic N) is 1. The Balaban J connectivity index is 2.27. The van der Waals surface area contributed by atoms with Crippen LogP contribution >= 0.6 is 0 Å². The van der Waals surface area contributed by atoms with E-state index in [1.807, 2.05) is 0 Å². The maximum atomic E-state index is 11.0. The predicted octanol–water partition coefficient (Wildman–Crippen LogP) is 0.968. The van der Waals surface area contributed by atoms with E-state index >= 15 is 0 Å². The van der Waals surface area contributed by atoms with Gasteiger partial charge in [0, 0.05) is 31.1 Å². The van der Waals surface area contributed by atoms with Crippen molar-refractivity contribution in [2.24, 2.45) is 12.2 Å². The third kappa shape index (κ3) is 2.81. The summed E-state index contributed by atoms with van der Waals surface area (Å²) in [6.45, 7) is 0.707. The molecule has 10 nitrogen and oxygen atoms in total. The highest BCUT2D eigenvalue weighted by atomic mass is 16.6. The van der Waals surface area contributed by atoms with Crippen molar-refractivity contribution in [2.45, 2.75) is 25.0 Å². The third-order valence-electron chi connectivity index (χ3n) is 3.31. The predicted molar refractivity (Wildman–Crippen MR) is 70.3 cm³/mol. The van der Waals surface area contributed by atoms with Crippen LogP contribution in [0.2, 0.25) is 0 Å². The zero-order chi connectivity index (χ0) is 14.7. The molecule has 0 bridgehead atoms. The standard InChI is InChI=1S/C10H15N7O3/c1-15-10(9(5-12-15)17(19)20)16-3-2-7(13-14-11)4-8(18)6-16/h5,7-8,18H,2-4,6H2,1H3/t7-,8-/m1/s1. The number of azide groups is 1. The number of nitrogens with zero attached hydrogens (tertiary/aromatic N) is 7. The van der Waals surface area contributed by atoms with Crippen molar-refractivity contribution in [3.63, 3.8) is 0 Å². The quantitative estimate of drug-likeness (QED) is 0.289.